The predicted molar refractivity (Wildman–Crippen MR) is 121 cm³/mol. The summed E-state index contributed by atoms with van der Waals surface area (Å²) in [6.07, 6.45) is 2.82. The Morgan fingerprint density at radius 3 is 2.70 bits per heavy atom. The minimum absolute atomic E-state index is 0.226. The lowest BCUT2D eigenvalue weighted by Crippen LogP contribution is -2.39. The molecule has 0 atom stereocenters. The molecule has 30 heavy (non-hydrogen) atoms. The minimum atomic E-state index is -0.226. The van der Waals surface area contributed by atoms with Crippen LogP contribution in [0.5, 0.6) is 5.88 Å². The van der Waals surface area contributed by atoms with E-state index in [4.69, 9.17) is 24.2 Å². The summed E-state index contributed by atoms with van der Waals surface area (Å²) in [6, 6.07) is 0. The van der Waals surface area contributed by atoms with Crippen molar-refractivity contribution in [3.05, 3.63) is 11.1 Å². The van der Waals surface area contributed by atoms with E-state index in [0.29, 0.717) is 19.1 Å². The van der Waals surface area contributed by atoms with Gasteiger partial charge in [-0.05, 0) is 32.6 Å². The summed E-state index contributed by atoms with van der Waals surface area (Å²) in [5.41, 5.74) is 3.21. The Kier molecular flexibility index (Phi) is 5.25. The van der Waals surface area contributed by atoms with Crippen LogP contribution >= 0.6 is 23.1 Å². The third-order valence-electron chi connectivity index (χ3n) is 5.59. The maximum atomic E-state index is 6.21. The third-order valence-corrected chi connectivity index (χ3v) is 7.20. The number of hydrogen-bond donors (Lipinski definition) is 0. The number of thioether (sulfide) groups is 1. The number of pyridine rings is 1. The number of nitrogens with zero attached hydrogens (tertiary/aromatic N) is 4. The molecule has 9 heteroatoms. The van der Waals surface area contributed by atoms with Gasteiger partial charge >= 0.3 is 0 Å². The molecule has 1 saturated heterocycles. The van der Waals surface area contributed by atoms with Crippen LogP contribution in [0.3, 0.4) is 0 Å². The van der Waals surface area contributed by atoms with Gasteiger partial charge in [0.05, 0.1) is 37.5 Å². The van der Waals surface area contributed by atoms with Crippen LogP contribution in [0.1, 0.15) is 31.9 Å². The van der Waals surface area contributed by atoms with Gasteiger partial charge in [-0.15, -0.1) is 11.3 Å². The van der Waals surface area contributed by atoms with Crippen LogP contribution in [0, 0.1) is 0 Å². The number of rotatable bonds is 4. The van der Waals surface area contributed by atoms with Crippen LogP contribution in [-0.4, -0.2) is 59.7 Å². The summed E-state index contributed by atoms with van der Waals surface area (Å²) < 4.78 is 18.6. The summed E-state index contributed by atoms with van der Waals surface area (Å²) in [4.78, 5) is 18.0. The van der Waals surface area contributed by atoms with Crippen LogP contribution in [0.15, 0.2) is 5.16 Å². The fourth-order valence-corrected chi connectivity index (χ4v) is 5.62. The van der Waals surface area contributed by atoms with Gasteiger partial charge in [-0.1, -0.05) is 11.8 Å². The van der Waals surface area contributed by atoms with Crippen molar-refractivity contribution in [2.24, 2.45) is 0 Å². The van der Waals surface area contributed by atoms with Crippen LogP contribution in [-0.2, 0) is 22.5 Å². The Balaban J connectivity index is 1.81. The van der Waals surface area contributed by atoms with E-state index >= 15 is 0 Å². The molecule has 3 aromatic rings. The zero-order chi connectivity index (χ0) is 20.9. The van der Waals surface area contributed by atoms with Crippen molar-refractivity contribution < 1.29 is 14.2 Å². The van der Waals surface area contributed by atoms with Gasteiger partial charge in [-0.3, -0.25) is 0 Å². The normalized spacial score (nSPS) is 18.7. The van der Waals surface area contributed by atoms with Gasteiger partial charge in [0.25, 0.3) is 0 Å². The van der Waals surface area contributed by atoms with Gasteiger partial charge in [-0.25, -0.2) is 9.97 Å². The number of ether oxygens (including phenoxy) is 3. The SMILES string of the molecule is CCOc1nc(SC)nc2c1sc1nc(N3CCOCC3)c3c(c12)CC(C)(C)OC3. The summed E-state index contributed by atoms with van der Waals surface area (Å²) in [6.45, 7) is 10.6. The second-order valence-electron chi connectivity index (χ2n) is 8.13. The van der Waals surface area contributed by atoms with Crippen molar-refractivity contribution in [2.75, 3.05) is 44.1 Å². The molecule has 2 aliphatic heterocycles. The molecular formula is C21H26N4O3S2. The standard InChI is InChI=1S/C21H26N4O3S2/c1-5-27-18-16-15(22-20(24-18)29-4)14-12-10-21(2,3)28-11-13(12)17(23-19(14)30-16)25-6-8-26-9-7-25/h5-11H2,1-4H3. The quantitative estimate of drug-likeness (QED) is 0.439. The van der Waals surface area contributed by atoms with Crippen LogP contribution in [0.4, 0.5) is 5.82 Å². The van der Waals surface area contributed by atoms with Crippen LogP contribution in [0.25, 0.3) is 20.4 Å². The van der Waals surface area contributed by atoms with E-state index in [9.17, 15) is 0 Å². The Morgan fingerprint density at radius 2 is 1.97 bits per heavy atom. The topological polar surface area (TPSA) is 69.6 Å². The molecule has 0 aromatic carbocycles. The fourth-order valence-electron chi connectivity index (χ4n) is 4.17. The Bertz CT molecular complexity index is 1110. The van der Waals surface area contributed by atoms with E-state index in [2.05, 4.69) is 23.7 Å². The van der Waals surface area contributed by atoms with Gasteiger partial charge in [0.1, 0.15) is 15.3 Å². The van der Waals surface area contributed by atoms with E-state index in [-0.39, 0.29) is 5.60 Å². The highest BCUT2D eigenvalue weighted by atomic mass is 32.2. The van der Waals surface area contributed by atoms with Crippen molar-refractivity contribution in [3.63, 3.8) is 0 Å². The lowest BCUT2D eigenvalue weighted by Gasteiger charge is -2.36. The van der Waals surface area contributed by atoms with E-state index in [1.807, 2.05) is 13.2 Å². The molecule has 5 heterocycles. The summed E-state index contributed by atoms with van der Waals surface area (Å²) in [5, 5.41) is 1.86. The van der Waals surface area contributed by atoms with E-state index in [1.54, 1.807) is 11.3 Å². The Hall–Kier alpha value is -1.68. The summed E-state index contributed by atoms with van der Waals surface area (Å²) in [7, 11) is 0. The molecule has 5 rings (SSSR count). The van der Waals surface area contributed by atoms with E-state index in [1.165, 1.54) is 22.9 Å². The molecule has 2 aliphatic rings. The number of aromatic nitrogens is 3. The zero-order valence-electron chi connectivity index (χ0n) is 17.8. The van der Waals surface area contributed by atoms with Crippen LogP contribution < -0.4 is 9.64 Å². The molecule has 160 valence electrons. The van der Waals surface area contributed by atoms with Crippen molar-refractivity contribution in [2.45, 2.75) is 44.6 Å². The molecule has 0 saturated carbocycles. The van der Waals surface area contributed by atoms with Gasteiger partial charge in [0.15, 0.2) is 5.16 Å². The molecule has 0 bridgehead atoms. The molecule has 3 aromatic heterocycles. The van der Waals surface area contributed by atoms with Gasteiger partial charge in [0, 0.05) is 30.5 Å². The molecule has 1 fully saturated rings. The largest absolute Gasteiger partial charge is 0.477 e. The highest BCUT2D eigenvalue weighted by Gasteiger charge is 2.33. The lowest BCUT2D eigenvalue weighted by atomic mass is 9.90. The predicted octanol–water partition coefficient (Wildman–Crippen LogP) is 4.05. The third kappa shape index (κ3) is 3.41. The molecular weight excluding hydrogens is 420 g/mol. The van der Waals surface area contributed by atoms with E-state index in [0.717, 1.165) is 64.1 Å². The molecule has 0 unspecified atom stereocenters. The highest BCUT2D eigenvalue weighted by Crippen LogP contribution is 2.45. The molecule has 0 N–H and O–H groups in total. The van der Waals surface area contributed by atoms with Crippen molar-refractivity contribution in [1.82, 2.24) is 15.0 Å². The number of anilines is 1. The fraction of sp³-hybridized carbons (Fsp3) is 0.571. The monoisotopic (exact) mass is 446 g/mol. The first-order valence-electron chi connectivity index (χ1n) is 10.3. The number of morpholine rings is 1. The molecule has 7 nitrogen and oxygen atoms in total. The lowest BCUT2D eigenvalue weighted by molar-refractivity contribution is -0.0396. The average Bonchev–Trinajstić information content (AvgIpc) is 3.12. The Labute approximate surface area is 184 Å². The van der Waals surface area contributed by atoms with Crippen molar-refractivity contribution in [1.29, 1.82) is 0 Å². The smallest absolute Gasteiger partial charge is 0.235 e. The number of fused-ring (bicyclic) bond motifs is 5. The van der Waals surface area contributed by atoms with Gasteiger partial charge < -0.3 is 19.1 Å². The Morgan fingerprint density at radius 1 is 1.17 bits per heavy atom. The number of thiophene rings is 1. The molecule has 0 aliphatic carbocycles. The second-order valence-corrected chi connectivity index (χ2v) is 9.90. The average molecular weight is 447 g/mol. The molecule has 0 spiro atoms. The maximum absolute atomic E-state index is 6.21. The summed E-state index contributed by atoms with van der Waals surface area (Å²) >= 11 is 3.16. The first-order valence-corrected chi connectivity index (χ1v) is 12.3. The first-order chi connectivity index (χ1) is 14.5. The molecule has 0 radical (unpaired) electrons. The minimum Gasteiger partial charge on any atom is -0.477 e. The first kappa shape index (κ1) is 20.2. The summed E-state index contributed by atoms with van der Waals surface area (Å²) in [5.74, 6) is 1.68. The van der Waals surface area contributed by atoms with Crippen molar-refractivity contribution in [3.8, 4) is 5.88 Å². The van der Waals surface area contributed by atoms with Gasteiger partial charge in [0.2, 0.25) is 5.88 Å². The highest BCUT2D eigenvalue weighted by molar-refractivity contribution is 7.98. The van der Waals surface area contributed by atoms with Crippen LogP contribution in [0.2, 0.25) is 0 Å². The van der Waals surface area contributed by atoms with E-state index < -0.39 is 0 Å². The second kappa shape index (κ2) is 7.78. The zero-order valence-corrected chi connectivity index (χ0v) is 19.4. The molecule has 0 amide bonds. The van der Waals surface area contributed by atoms with Gasteiger partial charge in [-0.2, -0.15) is 4.98 Å². The van der Waals surface area contributed by atoms with Crippen molar-refractivity contribution >= 4 is 49.3 Å². The number of hydrogen-bond acceptors (Lipinski definition) is 9. The maximum Gasteiger partial charge on any atom is 0.235 e.